The molecule has 0 radical (unpaired) electrons. The monoisotopic (exact) mass is 346 g/mol. The maximum absolute atomic E-state index is 12.4. The van der Waals surface area contributed by atoms with Crippen LogP contribution in [-0.2, 0) is 16.0 Å². The van der Waals surface area contributed by atoms with E-state index in [4.69, 9.17) is 4.74 Å². The molecule has 0 saturated carbocycles. The number of urea groups is 1. The fourth-order valence-corrected chi connectivity index (χ4v) is 3.53. The van der Waals surface area contributed by atoms with E-state index in [-0.39, 0.29) is 25.2 Å². The molecule has 1 fully saturated rings. The number of aryl methyl sites for hydroxylation is 1. The average Bonchev–Trinajstić information content (AvgIpc) is 2.83. The summed E-state index contributed by atoms with van der Waals surface area (Å²) in [7, 11) is 0. The van der Waals surface area contributed by atoms with Crippen LogP contribution in [0.1, 0.15) is 50.3 Å². The predicted molar refractivity (Wildman–Crippen MR) is 93.0 cm³/mol. The van der Waals surface area contributed by atoms with E-state index in [1.807, 2.05) is 19.1 Å². The third kappa shape index (κ3) is 3.55. The van der Waals surface area contributed by atoms with Crippen molar-refractivity contribution in [3.63, 3.8) is 0 Å². The molecule has 2 N–H and O–H groups in total. The van der Waals surface area contributed by atoms with E-state index in [1.54, 1.807) is 6.92 Å². The molecule has 1 saturated heterocycles. The number of fused-ring (bicyclic) bond motifs is 1. The largest absolute Gasteiger partial charge is 0.389 e. The number of β-amino-alcohol motifs (C(OH)–C–C–N with tert-alkyl or cyclic N) is 1. The van der Waals surface area contributed by atoms with Crippen molar-refractivity contribution in [2.24, 2.45) is 0 Å². The Labute approximate surface area is 148 Å². The van der Waals surface area contributed by atoms with Gasteiger partial charge in [0.2, 0.25) is 0 Å². The highest BCUT2D eigenvalue weighted by Gasteiger charge is 2.46. The number of nitrogens with zero attached hydrogens (tertiary/aromatic N) is 1. The molecular formula is C19H26N2O4. The first-order valence-electron chi connectivity index (χ1n) is 8.96. The molecular weight excluding hydrogens is 320 g/mol. The van der Waals surface area contributed by atoms with Crippen LogP contribution in [0, 0.1) is 0 Å². The summed E-state index contributed by atoms with van der Waals surface area (Å²) < 4.78 is 5.91. The van der Waals surface area contributed by atoms with Crippen LogP contribution in [0.25, 0.3) is 0 Å². The third-order valence-electron chi connectivity index (χ3n) is 5.25. The zero-order valence-corrected chi connectivity index (χ0v) is 14.8. The standard InChI is InChI=1S/C19H26N2O4/c1-3-19(2)17(23)21(18(24)20-19)11-14(22)12-25-16-10-6-8-13-7-4-5-9-15(13)16/h4-5,7,9,14,16,22H,3,6,8,10-12H2,1-2H3,(H,20,24)/t14-,16+,19+/m1/s1. The van der Waals surface area contributed by atoms with Gasteiger partial charge >= 0.3 is 6.03 Å². The van der Waals surface area contributed by atoms with Crippen LogP contribution >= 0.6 is 0 Å². The zero-order chi connectivity index (χ0) is 18.0. The first-order valence-corrected chi connectivity index (χ1v) is 8.96. The number of nitrogens with one attached hydrogen (secondary N) is 1. The second kappa shape index (κ2) is 7.14. The number of hydrogen-bond acceptors (Lipinski definition) is 4. The van der Waals surface area contributed by atoms with Gasteiger partial charge in [-0.2, -0.15) is 0 Å². The molecule has 1 aliphatic heterocycles. The van der Waals surface area contributed by atoms with Crippen molar-refractivity contribution >= 4 is 11.9 Å². The van der Waals surface area contributed by atoms with Gasteiger partial charge in [-0.3, -0.25) is 9.69 Å². The maximum atomic E-state index is 12.4. The number of aliphatic hydroxyl groups excluding tert-OH is 1. The number of hydrogen-bond donors (Lipinski definition) is 2. The summed E-state index contributed by atoms with van der Waals surface area (Å²) in [6.07, 6.45) is 2.60. The van der Waals surface area contributed by atoms with Gasteiger partial charge in [-0.1, -0.05) is 31.2 Å². The molecule has 1 heterocycles. The molecule has 0 aromatic heterocycles. The van der Waals surface area contributed by atoms with Crippen molar-refractivity contribution in [1.82, 2.24) is 10.2 Å². The lowest BCUT2D eigenvalue weighted by Crippen LogP contribution is -2.44. The van der Waals surface area contributed by atoms with E-state index in [2.05, 4.69) is 17.4 Å². The van der Waals surface area contributed by atoms with Crippen molar-refractivity contribution in [2.75, 3.05) is 13.2 Å². The highest BCUT2D eigenvalue weighted by molar-refractivity contribution is 6.06. The topological polar surface area (TPSA) is 78.9 Å². The predicted octanol–water partition coefficient (Wildman–Crippen LogP) is 2.16. The normalized spacial score (nSPS) is 27.2. The molecule has 0 bridgehead atoms. The van der Waals surface area contributed by atoms with Gasteiger partial charge in [0.25, 0.3) is 5.91 Å². The van der Waals surface area contributed by atoms with E-state index >= 15 is 0 Å². The molecule has 3 atom stereocenters. The summed E-state index contributed by atoms with van der Waals surface area (Å²) in [5.74, 6) is -0.290. The van der Waals surface area contributed by atoms with Crippen LogP contribution in [0.15, 0.2) is 24.3 Å². The Kier molecular flexibility index (Phi) is 5.11. The molecule has 25 heavy (non-hydrogen) atoms. The van der Waals surface area contributed by atoms with Crippen molar-refractivity contribution in [3.05, 3.63) is 35.4 Å². The molecule has 0 unspecified atom stereocenters. The van der Waals surface area contributed by atoms with Gasteiger partial charge in [-0.25, -0.2) is 4.79 Å². The summed E-state index contributed by atoms with van der Waals surface area (Å²) in [6, 6.07) is 7.75. The van der Waals surface area contributed by atoms with Gasteiger partial charge in [-0.15, -0.1) is 0 Å². The number of rotatable bonds is 6. The quantitative estimate of drug-likeness (QED) is 0.774. The molecule has 0 spiro atoms. The number of imide groups is 1. The van der Waals surface area contributed by atoms with Crippen LogP contribution in [0.5, 0.6) is 0 Å². The van der Waals surface area contributed by atoms with Gasteiger partial charge in [0.05, 0.1) is 25.4 Å². The minimum Gasteiger partial charge on any atom is -0.389 e. The zero-order valence-electron chi connectivity index (χ0n) is 14.8. The first kappa shape index (κ1) is 17.9. The number of ether oxygens (including phenoxy) is 1. The molecule has 3 rings (SSSR count). The van der Waals surface area contributed by atoms with Crippen molar-refractivity contribution in [2.45, 2.75) is 57.3 Å². The summed E-state index contributed by atoms with van der Waals surface area (Å²) in [5, 5.41) is 13.0. The molecule has 3 amide bonds. The SMILES string of the molecule is CC[C@]1(C)NC(=O)N(C[C@@H](O)CO[C@H]2CCCc3ccccc32)C1=O. The van der Waals surface area contributed by atoms with E-state index in [9.17, 15) is 14.7 Å². The lowest BCUT2D eigenvalue weighted by atomic mass is 9.89. The Balaban J connectivity index is 1.57. The highest BCUT2D eigenvalue weighted by Crippen LogP contribution is 2.32. The van der Waals surface area contributed by atoms with Crippen molar-refractivity contribution < 1.29 is 19.4 Å². The van der Waals surface area contributed by atoms with Crippen LogP contribution in [-0.4, -0.2) is 46.7 Å². The van der Waals surface area contributed by atoms with Gasteiger partial charge in [0, 0.05) is 0 Å². The Morgan fingerprint density at radius 3 is 2.88 bits per heavy atom. The van der Waals surface area contributed by atoms with E-state index in [0.29, 0.717) is 6.42 Å². The fraction of sp³-hybridized carbons (Fsp3) is 0.579. The minimum absolute atomic E-state index is 0.0383. The summed E-state index contributed by atoms with van der Waals surface area (Å²) >= 11 is 0. The number of carbonyl (C=O) groups is 2. The Bertz CT molecular complexity index is 663. The second-order valence-electron chi connectivity index (χ2n) is 7.10. The fourth-order valence-electron chi connectivity index (χ4n) is 3.53. The molecule has 1 aromatic rings. The Morgan fingerprint density at radius 2 is 2.16 bits per heavy atom. The molecule has 6 nitrogen and oxygen atoms in total. The van der Waals surface area contributed by atoms with Crippen LogP contribution in [0.2, 0.25) is 0 Å². The Morgan fingerprint density at radius 1 is 1.40 bits per heavy atom. The van der Waals surface area contributed by atoms with Crippen molar-refractivity contribution in [1.29, 1.82) is 0 Å². The van der Waals surface area contributed by atoms with Crippen LogP contribution < -0.4 is 5.32 Å². The molecule has 1 aromatic carbocycles. The van der Waals surface area contributed by atoms with E-state index < -0.39 is 17.7 Å². The Hall–Kier alpha value is -1.92. The molecule has 6 heteroatoms. The summed E-state index contributed by atoms with van der Waals surface area (Å²) in [6.45, 7) is 3.60. The van der Waals surface area contributed by atoms with E-state index in [0.717, 1.165) is 24.2 Å². The third-order valence-corrected chi connectivity index (χ3v) is 5.25. The van der Waals surface area contributed by atoms with Crippen molar-refractivity contribution in [3.8, 4) is 0 Å². The van der Waals surface area contributed by atoms with Gasteiger partial charge in [0.1, 0.15) is 5.54 Å². The van der Waals surface area contributed by atoms with Gasteiger partial charge in [-0.05, 0) is 43.7 Å². The number of aliphatic hydroxyl groups is 1. The lowest BCUT2D eigenvalue weighted by molar-refractivity contribution is -0.132. The molecule has 2 aliphatic rings. The second-order valence-corrected chi connectivity index (χ2v) is 7.10. The van der Waals surface area contributed by atoms with E-state index in [1.165, 1.54) is 11.1 Å². The number of amides is 3. The number of benzene rings is 1. The summed E-state index contributed by atoms with van der Waals surface area (Å²) in [4.78, 5) is 25.5. The number of carbonyl (C=O) groups excluding carboxylic acids is 2. The van der Waals surface area contributed by atoms with Crippen LogP contribution in [0.3, 0.4) is 0 Å². The van der Waals surface area contributed by atoms with Crippen LogP contribution in [0.4, 0.5) is 4.79 Å². The lowest BCUT2D eigenvalue weighted by Gasteiger charge is -2.27. The maximum Gasteiger partial charge on any atom is 0.325 e. The van der Waals surface area contributed by atoms with Gasteiger partial charge in [0.15, 0.2) is 0 Å². The highest BCUT2D eigenvalue weighted by atomic mass is 16.5. The average molecular weight is 346 g/mol. The minimum atomic E-state index is -0.900. The first-order chi connectivity index (χ1) is 11.9. The van der Waals surface area contributed by atoms with Gasteiger partial charge < -0.3 is 15.2 Å². The smallest absolute Gasteiger partial charge is 0.325 e. The summed E-state index contributed by atoms with van der Waals surface area (Å²) in [5.41, 5.74) is 1.59. The molecule has 1 aliphatic carbocycles. The molecule has 136 valence electrons.